The van der Waals surface area contributed by atoms with Gasteiger partial charge in [-0.25, -0.2) is 0 Å². The molecule has 0 unspecified atom stereocenters. The second-order valence-corrected chi connectivity index (χ2v) is 6.20. The van der Waals surface area contributed by atoms with Crippen molar-refractivity contribution in [3.63, 3.8) is 0 Å². The number of anilines is 1. The summed E-state index contributed by atoms with van der Waals surface area (Å²) in [6.07, 6.45) is 9.29. The van der Waals surface area contributed by atoms with Gasteiger partial charge in [0.05, 0.1) is 12.2 Å². The van der Waals surface area contributed by atoms with Gasteiger partial charge in [-0.1, -0.05) is 0 Å². The fourth-order valence-corrected chi connectivity index (χ4v) is 3.28. The highest BCUT2D eigenvalue weighted by molar-refractivity contribution is 5.47. The zero-order valence-electron chi connectivity index (χ0n) is 12.1. The van der Waals surface area contributed by atoms with Crippen LogP contribution in [0.4, 0.5) is 5.69 Å². The van der Waals surface area contributed by atoms with Gasteiger partial charge < -0.3 is 15.2 Å². The van der Waals surface area contributed by atoms with Crippen molar-refractivity contribution < 1.29 is 9.84 Å². The van der Waals surface area contributed by atoms with Crippen LogP contribution in [0.1, 0.15) is 51.4 Å². The quantitative estimate of drug-likeness (QED) is 0.880. The number of aliphatic hydroxyl groups is 1. The van der Waals surface area contributed by atoms with E-state index >= 15 is 0 Å². The Labute approximate surface area is 121 Å². The first-order chi connectivity index (χ1) is 9.79. The van der Waals surface area contributed by atoms with Gasteiger partial charge in [0.25, 0.3) is 0 Å². The maximum absolute atomic E-state index is 9.52. The summed E-state index contributed by atoms with van der Waals surface area (Å²) >= 11 is 0. The van der Waals surface area contributed by atoms with Crippen LogP contribution in [-0.4, -0.2) is 23.4 Å². The second kappa shape index (κ2) is 6.49. The third kappa shape index (κ3) is 3.66. The predicted molar refractivity (Wildman–Crippen MR) is 81.2 cm³/mol. The Balaban J connectivity index is 1.50. The lowest BCUT2D eigenvalue weighted by Crippen LogP contribution is -2.28. The van der Waals surface area contributed by atoms with Gasteiger partial charge in [0.2, 0.25) is 0 Å². The van der Waals surface area contributed by atoms with Gasteiger partial charge in [0, 0.05) is 11.7 Å². The zero-order valence-corrected chi connectivity index (χ0v) is 12.1. The van der Waals surface area contributed by atoms with E-state index in [2.05, 4.69) is 29.6 Å². The topological polar surface area (TPSA) is 41.5 Å². The number of hydrogen-bond donors (Lipinski definition) is 2. The standard InChI is InChI=1S/C17H25NO2/c19-15-9-5-13(6-10-15)18-14-7-11-17(12-8-14)20-16-3-1-2-4-16/h7-8,11-13,15-16,18-19H,1-6,9-10H2. The van der Waals surface area contributed by atoms with Crippen LogP contribution in [0.25, 0.3) is 0 Å². The zero-order chi connectivity index (χ0) is 13.8. The number of benzene rings is 1. The number of rotatable bonds is 4. The summed E-state index contributed by atoms with van der Waals surface area (Å²) in [6.45, 7) is 0. The van der Waals surface area contributed by atoms with Crippen LogP contribution in [0.3, 0.4) is 0 Å². The molecule has 0 amide bonds. The average Bonchev–Trinajstić information content (AvgIpc) is 2.96. The molecule has 0 bridgehead atoms. The molecule has 2 fully saturated rings. The van der Waals surface area contributed by atoms with Crippen molar-refractivity contribution >= 4 is 5.69 Å². The second-order valence-electron chi connectivity index (χ2n) is 6.20. The number of nitrogens with one attached hydrogen (secondary N) is 1. The SMILES string of the molecule is OC1CCC(Nc2ccc(OC3CCCC3)cc2)CC1. The van der Waals surface area contributed by atoms with E-state index in [0.717, 1.165) is 37.1 Å². The van der Waals surface area contributed by atoms with Gasteiger partial charge in [-0.3, -0.25) is 0 Å². The molecule has 110 valence electrons. The lowest BCUT2D eigenvalue weighted by Gasteiger charge is -2.27. The lowest BCUT2D eigenvalue weighted by molar-refractivity contribution is 0.126. The molecule has 1 aromatic carbocycles. The molecule has 0 aromatic heterocycles. The van der Waals surface area contributed by atoms with E-state index in [1.807, 2.05) is 0 Å². The minimum atomic E-state index is -0.0877. The van der Waals surface area contributed by atoms with Crippen molar-refractivity contribution in [1.29, 1.82) is 0 Å². The largest absolute Gasteiger partial charge is 0.490 e. The third-order valence-corrected chi connectivity index (χ3v) is 4.53. The molecule has 0 spiro atoms. The first-order valence-electron chi connectivity index (χ1n) is 8.01. The number of hydrogen-bond acceptors (Lipinski definition) is 3. The highest BCUT2D eigenvalue weighted by Gasteiger charge is 2.19. The van der Waals surface area contributed by atoms with E-state index in [9.17, 15) is 5.11 Å². The summed E-state index contributed by atoms with van der Waals surface area (Å²) in [7, 11) is 0. The molecule has 0 heterocycles. The van der Waals surface area contributed by atoms with E-state index < -0.39 is 0 Å². The van der Waals surface area contributed by atoms with Crippen molar-refractivity contribution in [1.82, 2.24) is 0 Å². The number of ether oxygens (including phenoxy) is 1. The molecular weight excluding hydrogens is 250 g/mol. The Kier molecular flexibility index (Phi) is 4.46. The first-order valence-corrected chi connectivity index (χ1v) is 8.01. The van der Waals surface area contributed by atoms with Gasteiger partial charge in [-0.2, -0.15) is 0 Å². The molecule has 1 aromatic rings. The summed E-state index contributed by atoms with van der Waals surface area (Å²) < 4.78 is 5.97. The van der Waals surface area contributed by atoms with Crippen molar-refractivity contribution in [2.75, 3.05) is 5.32 Å². The van der Waals surface area contributed by atoms with E-state index in [1.165, 1.54) is 25.7 Å². The molecule has 3 rings (SSSR count). The molecule has 0 atom stereocenters. The van der Waals surface area contributed by atoms with Gasteiger partial charge in [0.15, 0.2) is 0 Å². The molecule has 0 radical (unpaired) electrons. The first kappa shape index (κ1) is 13.7. The van der Waals surface area contributed by atoms with Crippen LogP contribution in [-0.2, 0) is 0 Å². The molecule has 20 heavy (non-hydrogen) atoms. The Morgan fingerprint density at radius 2 is 1.55 bits per heavy atom. The highest BCUT2D eigenvalue weighted by Crippen LogP contribution is 2.26. The van der Waals surface area contributed by atoms with Crippen LogP contribution in [0.2, 0.25) is 0 Å². The lowest BCUT2D eigenvalue weighted by atomic mass is 9.93. The Hall–Kier alpha value is -1.22. The molecule has 0 aliphatic heterocycles. The Bertz CT molecular complexity index is 404. The molecule has 2 aliphatic carbocycles. The molecule has 0 saturated heterocycles. The van der Waals surface area contributed by atoms with Crippen LogP contribution >= 0.6 is 0 Å². The Morgan fingerprint density at radius 1 is 0.900 bits per heavy atom. The third-order valence-electron chi connectivity index (χ3n) is 4.53. The van der Waals surface area contributed by atoms with Crippen molar-refractivity contribution in [3.05, 3.63) is 24.3 Å². The molecular formula is C17H25NO2. The molecule has 3 nitrogen and oxygen atoms in total. The monoisotopic (exact) mass is 275 g/mol. The van der Waals surface area contributed by atoms with E-state index in [-0.39, 0.29) is 6.10 Å². The van der Waals surface area contributed by atoms with Gasteiger partial charge in [0.1, 0.15) is 5.75 Å². The maximum atomic E-state index is 9.52. The molecule has 2 saturated carbocycles. The maximum Gasteiger partial charge on any atom is 0.119 e. The minimum Gasteiger partial charge on any atom is -0.490 e. The molecule has 2 aliphatic rings. The predicted octanol–water partition coefficient (Wildman–Crippen LogP) is 3.72. The summed E-state index contributed by atoms with van der Waals surface area (Å²) in [5.41, 5.74) is 1.16. The van der Waals surface area contributed by atoms with Crippen molar-refractivity contribution in [3.8, 4) is 5.75 Å². The van der Waals surface area contributed by atoms with Crippen molar-refractivity contribution in [2.45, 2.75) is 69.6 Å². The summed E-state index contributed by atoms with van der Waals surface area (Å²) in [5.74, 6) is 0.988. The minimum absolute atomic E-state index is 0.0877. The van der Waals surface area contributed by atoms with Crippen LogP contribution < -0.4 is 10.1 Å². The summed E-state index contributed by atoms with van der Waals surface area (Å²) in [6, 6.07) is 8.85. The Morgan fingerprint density at radius 3 is 2.20 bits per heavy atom. The number of aliphatic hydroxyl groups excluding tert-OH is 1. The summed E-state index contributed by atoms with van der Waals surface area (Å²) in [4.78, 5) is 0. The van der Waals surface area contributed by atoms with E-state index in [0.29, 0.717) is 12.1 Å². The van der Waals surface area contributed by atoms with Crippen LogP contribution in [0.15, 0.2) is 24.3 Å². The normalized spacial score (nSPS) is 27.4. The fraction of sp³-hybridized carbons (Fsp3) is 0.647. The molecule has 2 N–H and O–H groups in total. The average molecular weight is 275 g/mol. The van der Waals surface area contributed by atoms with Crippen LogP contribution in [0, 0.1) is 0 Å². The smallest absolute Gasteiger partial charge is 0.119 e. The highest BCUT2D eigenvalue weighted by atomic mass is 16.5. The molecule has 3 heteroatoms. The van der Waals surface area contributed by atoms with Gasteiger partial charge >= 0.3 is 0 Å². The van der Waals surface area contributed by atoms with Gasteiger partial charge in [-0.05, 0) is 75.6 Å². The van der Waals surface area contributed by atoms with Crippen molar-refractivity contribution in [2.24, 2.45) is 0 Å². The van der Waals surface area contributed by atoms with E-state index in [1.54, 1.807) is 0 Å². The van der Waals surface area contributed by atoms with E-state index in [4.69, 9.17) is 4.74 Å². The summed E-state index contributed by atoms with van der Waals surface area (Å²) in [5, 5.41) is 13.1. The van der Waals surface area contributed by atoms with Crippen LogP contribution in [0.5, 0.6) is 5.75 Å². The fourth-order valence-electron chi connectivity index (χ4n) is 3.28. The van der Waals surface area contributed by atoms with Gasteiger partial charge in [-0.15, -0.1) is 0 Å².